The van der Waals surface area contributed by atoms with Crippen molar-refractivity contribution in [3.63, 3.8) is 0 Å². The molecule has 0 spiro atoms. The molecule has 2 N–H and O–H groups in total. The van der Waals surface area contributed by atoms with Gasteiger partial charge in [-0.05, 0) is 43.7 Å². The topological polar surface area (TPSA) is 74.3 Å². The fraction of sp³-hybridized carbons (Fsp3) is 0.667. The summed E-state index contributed by atoms with van der Waals surface area (Å²) in [6.07, 6.45) is 11.9. The summed E-state index contributed by atoms with van der Waals surface area (Å²) < 4.78 is 0. The number of carbonyl (C=O) groups is 2. The number of likely N-dealkylation sites (tertiary alicyclic amines) is 1. The Labute approximate surface area is 162 Å². The molecule has 2 fully saturated rings. The number of amides is 2. The quantitative estimate of drug-likeness (QED) is 0.688. The Morgan fingerprint density at radius 1 is 1.19 bits per heavy atom. The van der Waals surface area contributed by atoms with E-state index in [4.69, 9.17) is 0 Å². The Hall–Kier alpha value is -2.11. The zero-order valence-corrected chi connectivity index (χ0v) is 16.2. The summed E-state index contributed by atoms with van der Waals surface area (Å²) in [5, 5.41) is 6.33. The van der Waals surface area contributed by atoms with Crippen LogP contribution in [0.15, 0.2) is 24.5 Å². The van der Waals surface area contributed by atoms with Crippen molar-refractivity contribution in [2.75, 3.05) is 31.5 Å². The summed E-state index contributed by atoms with van der Waals surface area (Å²) in [7, 11) is 0. The van der Waals surface area contributed by atoms with Crippen LogP contribution in [0.3, 0.4) is 0 Å². The van der Waals surface area contributed by atoms with Crippen molar-refractivity contribution in [2.45, 2.75) is 51.4 Å². The molecule has 1 saturated heterocycles. The van der Waals surface area contributed by atoms with Crippen molar-refractivity contribution >= 4 is 17.5 Å². The molecule has 0 unspecified atom stereocenters. The van der Waals surface area contributed by atoms with Gasteiger partial charge in [0.05, 0.1) is 11.6 Å². The van der Waals surface area contributed by atoms with Gasteiger partial charge in [-0.1, -0.05) is 19.3 Å². The standard InChI is InChI=1S/C21H32N4O2/c26-20-10-9-18(16-25(20)15-17-6-2-1-3-7-17)21(27)24-13-5-12-23-19-8-4-11-22-14-19/h4,8,11,14,17-18,23H,1-3,5-7,9-10,12-13,15-16H2,(H,24,27)/t18-/m1/s1. The van der Waals surface area contributed by atoms with Crippen molar-refractivity contribution in [1.82, 2.24) is 15.2 Å². The predicted octanol–water partition coefficient (Wildman–Crippen LogP) is 2.82. The average molecular weight is 373 g/mol. The van der Waals surface area contributed by atoms with E-state index in [1.54, 1.807) is 12.4 Å². The van der Waals surface area contributed by atoms with Gasteiger partial charge in [-0.2, -0.15) is 0 Å². The number of hydrogen-bond acceptors (Lipinski definition) is 4. The first-order valence-electron chi connectivity index (χ1n) is 10.4. The first-order valence-corrected chi connectivity index (χ1v) is 10.4. The number of anilines is 1. The second-order valence-electron chi connectivity index (χ2n) is 7.85. The summed E-state index contributed by atoms with van der Waals surface area (Å²) in [6.45, 7) is 2.88. The fourth-order valence-electron chi connectivity index (χ4n) is 4.13. The van der Waals surface area contributed by atoms with E-state index in [-0.39, 0.29) is 17.7 Å². The molecular weight excluding hydrogens is 340 g/mol. The van der Waals surface area contributed by atoms with Crippen molar-refractivity contribution in [1.29, 1.82) is 0 Å². The minimum Gasteiger partial charge on any atom is -0.384 e. The lowest BCUT2D eigenvalue weighted by molar-refractivity contribution is -0.139. The zero-order valence-electron chi connectivity index (χ0n) is 16.2. The molecule has 148 valence electrons. The molecule has 2 aliphatic rings. The van der Waals surface area contributed by atoms with Gasteiger partial charge in [-0.3, -0.25) is 14.6 Å². The van der Waals surface area contributed by atoms with Crippen LogP contribution >= 0.6 is 0 Å². The van der Waals surface area contributed by atoms with Crippen LogP contribution in [0.2, 0.25) is 0 Å². The molecule has 0 radical (unpaired) electrons. The molecule has 6 nitrogen and oxygen atoms in total. The van der Waals surface area contributed by atoms with Gasteiger partial charge < -0.3 is 15.5 Å². The van der Waals surface area contributed by atoms with E-state index in [2.05, 4.69) is 15.6 Å². The van der Waals surface area contributed by atoms with E-state index in [1.165, 1.54) is 32.1 Å². The van der Waals surface area contributed by atoms with Crippen LogP contribution in [0, 0.1) is 11.8 Å². The predicted molar refractivity (Wildman–Crippen MR) is 106 cm³/mol. The fourth-order valence-corrected chi connectivity index (χ4v) is 4.13. The zero-order chi connectivity index (χ0) is 18.9. The second-order valence-corrected chi connectivity index (χ2v) is 7.85. The molecule has 1 aromatic heterocycles. The highest BCUT2D eigenvalue weighted by molar-refractivity contribution is 5.83. The molecular formula is C21H32N4O2. The van der Waals surface area contributed by atoms with E-state index in [0.29, 0.717) is 31.8 Å². The van der Waals surface area contributed by atoms with Gasteiger partial charge in [0.15, 0.2) is 0 Å². The van der Waals surface area contributed by atoms with Crippen molar-refractivity contribution in [2.24, 2.45) is 11.8 Å². The van der Waals surface area contributed by atoms with Crippen molar-refractivity contribution in [3.05, 3.63) is 24.5 Å². The third kappa shape index (κ3) is 6.22. The number of carbonyl (C=O) groups excluding carboxylic acids is 2. The molecule has 1 saturated carbocycles. The minimum absolute atomic E-state index is 0.0578. The number of aromatic nitrogens is 1. The average Bonchev–Trinajstić information content (AvgIpc) is 2.71. The van der Waals surface area contributed by atoms with E-state index >= 15 is 0 Å². The van der Waals surface area contributed by atoms with Crippen LogP contribution in [0.25, 0.3) is 0 Å². The number of nitrogens with zero attached hydrogens (tertiary/aromatic N) is 2. The molecule has 6 heteroatoms. The monoisotopic (exact) mass is 372 g/mol. The van der Waals surface area contributed by atoms with Crippen molar-refractivity contribution in [3.8, 4) is 0 Å². The Morgan fingerprint density at radius 3 is 2.81 bits per heavy atom. The van der Waals surface area contributed by atoms with Gasteiger partial charge >= 0.3 is 0 Å². The molecule has 1 aliphatic carbocycles. The largest absolute Gasteiger partial charge is 0.384 e. The van der Waals surface area contributed by atoms with Gasteiger partial charge in [0.1, 0.15) is 0 Å². The van der Waals surface area contributed by atoms with Crippen LogP contribution in [0.4, 0.5) is 5.69 Å². The molecule has 0 bridgehead atoms. The number of rotatable bonds is 8. The van der Waals surface area contributed by atoms with Gasteiger partial charge in [0.2, 0.25) is 11.8 Å². The van der Waals surface area contributed by atoms with E-state index < -0.39 is 0 Å². The van der Waals surface area contributed by atoms with Crippen LogP contribution in [0.5, 0.6) is 0 Å². The number of pyridine rings is 1. The van der Waals surface area contributed by atoms with E-state index in [0.717, 1.165) is 25.2 Å². The van der Waals surface area contributed by atoms with Gasteiger partial charge in [0, 0.05) is 45.0 Å². The van der Waals surface area contributed by atoms with Crippen LogP contribution in [-0.2, 0) is 9.59 Å². The smallest absolute Gasteiger partial charge is 0.224 e. The molecule has 2 heterocycles. The summed E-state index contributed by atoms with van der Waals surface area (Å²) in [5.74, 6) is 0.892. The summed E-state index contributed by atoms with van der Waals surface area (Å²) >= 11 is 0. The Balaban J connectivity index is 1.35. The first kappa shape index (κ1) is 19.6. The molecule has 3 rings (SSSR count). The van der Waals surface area contributed by atoms with Crippen LogP contribution in [0.1, 0.15) is 51.4 Å². The molecule has 0 aromatic carbocycles. The molecule has 27 heavy (non-hydrogen) atoms. The highest BCUT2D eigenvalue weighted by atomic mass is 16.2. The Bertz CT molecular complexity index is 601. The maximum atomic E-state index is 12.5. The second kappa shape index (κ2) is 10.3. The normalized spacial score (nSPS) is 21.1. The number of piperidine rings is 1. The highest BCUT2D eigenvalue weighted by Crippen LogP contribution is 2.27. The molecule has 2 amide bonds. The maximum Gasteiger partial charge on any atom is 0.224 e. The van der Waals surface area contributed by atoms with Crippen molar-refractivity contribution < 1.29 is 9.59 Å². The molecule has 1 aromatic rings. The van der Waals surface area contributed by atoms with E-state index in [9.17, 15) is 9.59 Å². The Morgan fingerprint density at radius 2 is 2.04 bits per heavy atom. The van der Waals surface area contributed by atoms with Gasteiger partial charge in [-0.15, -0.1) is 0 Å². The summed E-state index contributed by atoms with van der Waals surface area (Å²) in [6, 6.07) is 3.87. The molecule has 1 aliphatic heterocycles. The van der Waals surface area contributed by atoms with E-state index in [1.807, 2.05) is 17.0 Å². The third-order valence-corrected chi connectivity index (χ3v) is 5.72. The van der Waals surface area contributed by atoms with Gasteiger partial charge in [0.25, 0.3) is 0 Å². The number of nitrogens with one attached hydrogen (secondary N) is 2. The third-order valence-electron chi connectivity index (χ3n) is 5.72. The maximum absolute atomic E-state index is 12.5. The summed E-state index contributed by atoms with van der Waals surface area (Å²) in [4.78, 5) is 30.8. The summed E-state index contributed by atoms with van der Waals surface area (Å²) in [5.41, 5.74) is 0.993. The van der Waals surface area contributed by atoms with Crippen LogP contribution < -0.4 is 10.6 Å². The Kier molecular flexibility index (Phi) is 7.48. The lowest BCUT2D eigenvalue weighted by Gasteiger charge is -2.35. The van der Waals surface area contributed by atoms with Gasteiger partial charge in [-0.25, -0.2) is 0 Å². The van der Waals surface area contributed by atoms with Crippen LogP contribution in [-0.4, -0.2) is 47.9 Å². The first-order chi connectivity index (χ1) is 13.2. The molecule has 1 atom stereocenters. The highest BCUT2D eigenvalue weighted by Gasteiger charge is 2.31. The lowest BCUT2D eigenvalue weighted by atomic mass is 9.87. The lowest BCUT2D eigenvalue weighted by Crippen LogP contribution is -2.47. The number of hydrogen-bond donors (Lipinski definition) is 2. The minimum atomic E-state index is -0.0578. The SMILES string of the molecule is O=C(NCCCNc1cccnc1)[C@@H]1CCC(=O)N(CC2CCCCC2)C1.